The van der Waals surface area contributed by atoms with Crippen LogP contribution in [-0.2, 0) is 9.53 Å². The van der Waals surface area contributed by atoms with Crippen molar-refractivity contribution in [3.8, 4) is 0 Å². The summed E-state index contributed by atoms with van der Waals surface area (Å²) in [6, 6.07) is 10.6. The number of carbonyl (C=O) groups excluding carboxylic acids is 1. The molecular formula is C19H30N4O2. The number of rotatable bonds is 6. The molecule has 0 unspecified atom stereocenters. The number of hydrogen-bond donors (Lipinski definition) is 1. The minimum atomic E-state index is -0.298. The van der Waals surface area contributed by atoms with Crippen LogP contribution >= 0.6 is 0 Å². The van der Waals surface area contributed by atoms with E-state index in [0.717, 1.165) is 52.1 Å². The number of likely N-dealkylation sites (N-methyl/N-ethyl adjacent to an activating group) is 1. The zero-order valence-corrected chi connectivity index (χ0v) is 15.1. The molecule has 1 amide bonds. The van der Waals surface area contributed by atoms with Crippen LogP contribution in [0.2, 0.25) is 0 Å². The molecule has 2 fully saturated rings. The van der Waals surface area contributed by atoms with Crippen LogP contribution in [0.15, 0.2) is 30.3 Å². The molecule has 1 aromatic carbocycles. The molecule has 0 aliphatic carbocycles. The fourth-order valence-electron chi connectivity index (χ4n) is 3.58. The van der Waals surface area contributed by atoms with E-state index in [1.807, 2.05) is 11.9 Å². The van der Waals surface area contributed by atoms with Crippen molar-refractivity contribution in [2.45, 2.75) is 25.0 Å². The number of anilines is 1. The molecule has 2 saturated heterocycles. The normalized spacial score (nSPS) is 24.5. The van der Waals surface area contributed by atoms with Gasteiger partial charge in [-0.05, 0) is 25.0 Å². The van der Waals surface area contributed by atoms with Crippen molar-refractivity contribution in [1.29, 1.82) is 0 Å². The van der Waals surface area contributed by atoms with E-state index in [-0.39, 0.29) is 18.1 Å². The molecule has 138 valence electrons. The number of piperazine rings is 1. The van der Waals surface area contributed by atoms with Gasteiger partial charge >= 0.3 is 0 Å². The van der Waals surface area contributed by atoms with Gasteiger partial charge in [-0.15, -0.1) is 0 Å². The van der Waals surface area contributed by atoms with Crippen LogP contribution < -0.4 is 10.6 Å². The maximum absolute atomic E-state index is 12.4. The molecular weight excluding hydrogens is 316 g/mol. The van der Waals surface area contributed by atoms with E-state index in [9.17, 15) is 4.79 Å². The standard InChI is InChI=1S/C19H30N4O2/c1-21(19(24)18-8-7-17(15-20)25-18)9-10-22-11-13-23(14-12-22)16-5-3-2-4-6-16/h2-6,17-18H,7-15,20H2,1H3/t17-,18+/m1/s1. The number of para-hydroxylation sites is 1. The van der Waals surface area contributed by atoms with E-state index in [0.29, 0.717) is 6.54 Å². The van der Waals surface area contributed by atoms with Crippen LogP contribution in [-0.4, -0.2) is 80.8 Å². The average Bonchev–Trinajstić information content (AvgIpc) is 3.16. The van der Waals surface area contributed by atoms with Crippen molar-refractivity contribution >= 4 is 11.6 Å². The Bertz CT molecular complexity index is 546. The molecule has 2 heterocycles. The molecule has 0 spiro atoms. The molecule has 6 heteroatoms. The molecule has 0 aromatic heterocycles. The first kappa shape index (κ1) is 18.2. The molecule has 2 aliphatic heterocycles. The molecule has 6 nitrogen and oxygen atoms in total. The second-order valence-electron chi connectivity index (χ2n) is 6.98. The van der Waals surface area contributed by atoms with Crippen molar-refractivity contribution in [2.75, 3.05) is 57.8 Å². The molecule has 0 bridgehead atoms. The van der Waals surface area contributed by atoms with E-state index in [1.165, 1.54) is 5.69 Å². The van der Waals surface area contributed by atoms with E-state index < -0.39 is 0 Å². The van der Waals surface area contributed by atoms with Gasteiger partial charge in [-0.1, -0.05) is 18.2 Å². The number of ether oxygens (including phenoxy) is 1. The Morgan fingerprint density at radius 1 is 1.20 bits per heavy atom. The summed E-state index contributed by atoms with van der Waals surface area (Å²) in [5, 5.41) is 0. The van der Waals surface area contributed by atoms with E-state index in [4.69, 9.17) is 10.5 Å². The zero-order chi connectivity index (χ0) is 17.6. The van der Waals surface area contributed by atoms with Crippen LogP contribution in [0.1, 0.15) is 12.8 Å². The fraction of sp³-hybridized carbons (Fsp3) is 0.632. The number of carbonyl (C=O) groups is 1. The lowest BCUT2D eigenvalue weighted by atomic mass is 10.2. The topological polar surface area (TPSA) is 62.0 Å². The predicted molar refractivity (Wildman–Crippen MR) is 99.7 cm³/mol. The Balaban J connectivity index is 1.39. The van der Waals surface area contributed by atoms with Gasteiger partial charge in [0.2, 0.25) is 0 Å². The lowest BCUT2D eigenvalue weighted by molar-refractivity contribution is -0.141. The lowest BCUT2D eigenvalue weighted by Gasteiger charge is -2.36. The molecule has 25 heavy (non-hydrogen) atoms. The highest BCUT2D eigenvalue weighted by Gasteiger charge is 2.31. The minimum Gasteiger partial charge on any atom is -0.369 e. The van der Waals surface area contributed by atoms with Crippen LogP contribution in [0.4, 0.5) is 5.69 Å². The number of nitrogens with zero attached hydrogens (tertiary/aromatic N) is 3. The second kappa shape index (κ2) is 8.65. The van der Waals surface area contributed by atoms with Gasteiger partial charge in [0, 0.05) is 58.5 Å². The van der Waals surface area contributed by atoms with Crippen LogP contribution in [0.3, 0.4) is 0 Å². The first-order chi connectivity index (χ1) is 12.2. The summed E-state index contributed by atoms with van der Waals surface area (Å²) in [5.74, 6) is 0.0962. The van der Waals surface area contributed by atoms with Crippen molar-refractivity contribution in [3.05, 3.63) is 30.3 Å². The summed E-state index contributed by atoms with van der Waals surface area (Å²) >= 11 is 0. The molecule has 1 aromatic rings. The zero-order valence-electron chi connectivity index (χ0n) is 15.1. The third-order valence-electron chi connectivity index (χ3n) is 5.27. The van der Waals surface area contributed by atoms with Crippen molar-refractivity contribution in [2.24, 2.45) is 5.73 Å². The Labute approximate surface area is 150 Å². The summed E-state index contributed by atoms with van der Waals surface area (Å²) in [6.45, 7) is 6.30. The second-order valence-corrected chi connectivity index (χ2v) is 6.98. The lowest BCUT2D eigenvalue weighted by Crippen LogP contribution is -2.49. The number of amides is 1. The Kier molecular flexibility index (Phi) is 6.29. The van der Waals surface area contributed by atoms with Gasteiger partial charge < -0.3 is 20.3 Å². The highest BCUT2D eigenvalue weighted by atomic mass is 16.5. The van der Waals surface area contributed by atoms with Crippen LogP contribution in [0, 0.1) is 0 Å². The van der Waals surface area contributed by atoms with Crippen molar-refractivity contribution in [1.82, 2.24) is 9.80 Å². The Hall–Kier alpha value is -1.63. The van der Waals surface area contributed by atoms with E-state index in [1.54, 1.807) is 0 Å². The SMILES string of the molecule is CN(CCN1CCN(c2ccccc2)CC1)C(=O)[C@@H]1CC[C@H](CN)O1. The summed E-state index contributed by atoms with van der Waals surface area (Å²) in [6.07, 6.45) is 1.44. The highest BCUT2D eigenvalue weighted by molar-refractivity contribution is 5.81. The smallest absolute Gasteiger partial charge is 0.251 e. The average molecular weight is 346 g/mol. The maximum Gasteiger partial charge on any atom is 0.251 e. The molecule has 3 rings (SSSR count). The van der Waals surface area contributed by atoms with Gasteiger partial charge in [0.25, 0.3) is 5.91 Å². The third-order valence-corrected chi connectivity index (χ3v) is 5.27. The first-order valence-electron chi connectivity index (χ1n) is 9.30. The number of benzene rings is 1. The van der Waals surface area contributed by atoms with Gasteiger partial charge in [0.15, 0.2) is 0 Å². The van der Waals surface area contributed by atoms with E-state index in [2.05, 4.69) is 40.1 Å². The Morgan fingerprint density at radius 3 is 2.56 bits per heavy atom. The fourth-order valence-corrected chi connectivity index (χ4v) is 3.58. The van der Waals surface area contributed by atoms with Gasteiger partial charge in [0.1, 0.15) is 6.10 Å². The summed E-state index contributed by atoms with van der Waals surface area (Å²) in [7, 11) is 1.88. The minimum absolute atomic E-state index is 0.0495. The molecule has 0 radical (unpaired) electrons. The van der Waals surface area contributed by atoms with Crippen LogP contribution in [0.5, 0.6) is 0 Å². The van der Waals surface area contributed by atoms with Crippen molar-refractivity contribution < 1.29 is 9.53 Å². The Morgan fingerprint density at radius 2 is 1.92 bits per heavy atom. The van der Waals surface area contributed by atoms with Gasteiger partial charge in [0.05, 0.1) is 6.10 Å². The molecule has 2 aliphatic rings. The molecule has 2 N–H and O–H groups in total. The summed E-state index contributed by atoms with van der Waals surface area (Å²) < 4.78 is 5.71. The van der Waals surface area contributed by atoms with Gasteiger partial charge in [-0.25, -0.2) is 0 Å². The van der Waals surface area contributed by atoms with E-state index >= 15 is 0 Å². The maximum atomic E-state index is 12.4. The third kappa shape index (κ3) is 4.71. The van der Waals surface area contributed by atoms with Gasteiger partial charge in [-0.2, -0.15) is 0 Å². The predicted octanol–water partition coefficient (Wildman–Crippen LogP) is 0.773. The summed E-state index contributed by atoms with van der Waals surface area (Å²) in [4.78, 5) is 19.1. The molecule has 2 atom stereocenters. The quantitative estimate of drug-likeness (QED) is 0.825. The number of hydrogen-bond acceptors (Lipinski definition) is 5. The summed E-state index contributed by atoms with van der Waals surface area (Å²) in [5.41, 5.74) is 6.91. The van der Waals surface area contributed by atoms with Crippen molar-refractivity contribution in [3.63, 3.8) is 0 Å². The number of nitrogens with two attached hydrogens (primary N) is 1. The largest absolute Gasteiger partial charge is 0.369 e. The van der Waals surface area contributed by atoms with Crippen LogP contribution in [0.25, 0.3) is 0 Å². The first-order valence-corrected chi connectivity index (χ1v) is 9.30. The molecule has 0 saturated carbocycles. The highest BCUT2D eigenvalue weighted by Crippen LogP contribution is 2.20. The monoisotopic (exact) mass is 346 g/mol. The van der Waals surface area contributed by atoms with Gasteiger partial charge in [-0.3, -0.25) is 9.69 Å².